The number of rotatable bonds is 11. The highest BCUT2D eigenvalue weighted by Gasteiger charge is 2.15. The number of nitrogens with zero attached hydrogens (tertiary/aromatic N) is 4. The number of nitrogens with one attached hydrogen (secondary N) is 1. The van der Waals surface area contributed by atoms with Crippen LogP contribution in [0.1, 0.15) is 28.9 Å². The predicted molar refractivity (Wildman–Crippen MR) is 133 cm³/mol. The molecule has 0 aliphatic carbocycles. The number of methoxy groups -OCH3 is 1. The summed E-state index contributed by atoms with van der Waals surface area (Å²) in [5.41, 5.74) is 3.33. The minimum absolute atomic E-state index is 0.0360. The van der Waals surface area contributed by atoms with E-state index in [1.54, 1.807) is 31.3 Å². The molecule has 1 amide bonds. The summed E-state index contributed by atoms with van der Waals surface area (Å²) in [7, 11) is 1.64. The minimum atomic E-state index is -0.0360. The molecule has 1 N–H and O–H groups in total. The summed E-state index contributed by atoms with van der Waals surface area (Å²) in [4.78, 5) is 16.6. The molecule has 0 unspecified atom stereocenters. The molecule has 4 aromatic rings. The Labute approximate surface area is 203 Å². The molecule has 2 aromatic carbocycles. The van der Waals surface area contributed by atoms with Crippen LogP contribution in [0.25, 0.3) is 0 Å². The third-order valence-corrected chi connectivity index (χ3v) is 6.39. The molecule has 0 radical (unpaired) electrons. The van der Waals surface area contributed by atoms with Gasteiger partial charge in [-0.25, -0.2) is 0 Å². The Morgan fingerprint density at radius 1 is 0.971 bits per heavy atom. The molecule has 0 aliphatic rings. The average molecular weight is 474 g/mol. The average Bonchev–Trinajstić information content (AvgIpc) is 3.27. The highest BCUT2D eigenvalue weighted by molar-refractivity contribution is 7.98. The van der Waals surface area contributed by atoms with Gasteiger partial charge in [0.05, 0.1) is 20.2 Å². The van der Waals surface area contributed by atoms with E-state index in [0.29, 0.717) is 25.9 Å². The number of aryl methyl sites for hydroxylation is 1. The maximum atomic E-state index is 12.6. The van der Waals surface area contributed by atoms with Crippen LogP contribution in [0.4, 0.5) is 0 Å². The Hall–Kier alpha value is -3.65. The third kappa shape index (κ3) is 6.45. The number of ether oxygens (including phenoxy) is 1. The Bertz CT molecular complexity index is 1200. The zero-order valence-electron chi connectivity index (χ0n) is 19.1. The van der Waals surface area contributed by atoms with Crippen molar-refractivity contribution in [2.75, 3.05) is 7.11 Å². The van der Waals surface area contributed by atoms with Crippen LogP contribution in [-0.4, -0.2) is 32.8 Å². The van der Waals surface area contributed by atoms with Crippen LogP contribution < -0.4 is 10.1 Å². The fourth-order valence-corrected chi connectivity index (χ4v) is 4.44. The summed E-state index contributed by atoms with van der Waals surface area (Å²) < 4.78 is 7.45. The number of hydrogen-bond acceptors (Lipinski definition) is 6. The number of para-hydroxylation sites is 1. The third-order valence-electron chi connectivity index (χ3n) is 5.35. The first-order chi connectivity index (χ1) is 16.7. The van der Waals surface area contributed by atoms with Crippen molar-refractivity contribution in [3.8, 4) is 5.75 Å². The fraction of sp³-hybridized carbons (Fsp3) is 0.231. The summed E-state index contributed by atoms with van der Waals surface area (Å²) in [6.45, 7) is 0.958. The lowest BCUT2D eigenvalue weighted by atomic mass is 10.1. The van der Waals surface area contributed by atoms with Gasteiger partial charge >= 0.3 is 0 Å². The van der Waals surface area contributed by atoms with Crippen molar-refractivity contribution in [1.29, 1.82) is 0 Å². The zero-order chi connectivity index (χ0) is 23.6. The summed E-state index contributed by atoms with van der Waals surface area (Å²) in [6, 6.07) is 21.9. The fourth-order valence-electron chi connectivity index (χ4n) is 3.53. The van der Waals surface area contributed by atoms with Crippen molar-refractivity contribution < 1.29 is 9.53 Å². The van der Waals surface area contributed by atoms with Crippen LogP contribution in [-0.2, 0) is 30.1 Å². The van der Waals surface area contributed by atoms with Crippen LogP contribution in [0, 0.1) is 0 Å². The van der Waals surface area contributed by atoms with Crippen LogP contribution in [0.3, 0.4) is 0 Å². The summed E-state index contributed by atoms with van der Waals surface area (Å²) >= 11 is 1.62. The second kappa shape index (κ2) is 12.0. The molecule has 34 heavy (non-hydrogen) atoms. The Kier molecular flexibility index (Phi) is 8.29. The molecule has 2 aromatic heterocycles. The van der Waals surface area contributed by atoms with Crippen molar-refractivity contribution in [3.63, 3.8) is 0 Å². The van der Waals surface area contributed by atoms with E-state index in [-0.39, 0.29) is 5.91 Å². The number of benzene rings is 2. The first-order valence-corrected chi connectivity index (χ1v) is 12.1. The van der Waals surface area contributed by atoms with Gasteiger partial charge in [-0.05, 0) is 41.3 Å². The largest absolute Gasteiger partial charge is 0.496 e. The quantitative estimate of drug-likeness (QED) is 0.328. The van der Waals surface area contributed by atoms with Gasteiger partial charge in [-0.1, -0.05) is 60.3 Å². The van der Waals surface area contributed by atoms with Crippen LogP contribution in [0.15, 0.2) is 84.3 Å². The lowest BCUT2D eigenvalue weighted by Crippen LogP contribution is -2.25. The number of hydrogen-bond donors (Lipinski definition) is 1. The summed E-state index contributed by atoms with van der Waals surface area (Å²) in [5, 5.41) is 12.6. The molecular formula is C26H27N5O2S. The van der Waals surface area contributed by atoms with Gasteiger partial charge in [0.15, 0.2) is 11.0 Å². The van der Waals surface area contributed by atoms with E-state index in [1.807, 2.05) is 54.6 Å². The Morgan fingerprint density at radius 2 is 1.74 bits per heavy atom. The Balaban J connectivity index is 1.41. The number of carbonyl (C=O) groups is 1. The minimum Gasteiger partial charge on any atom is -0.496 e. The highest BCUT2D eigenvalue weighted by atomic mass is 32.2. The molecular weight excluding hydrogens is 446 g/mol. The van der Waals surface area contributed by atoms with Gasteiger partial charge in [0, 0.05) is 24.6 Å². The smallest absolute Gasteiger partial charge is 0.220 e. The van der Waals surface area contributed by atoms with Crippen LogP contribution >= 0.6 is 11.8 Å². The molecule has 0 fully saturated rings. The van der Waals surface area contributed by atoms with Gasteiger partial charge < -0.3 is 14.6 Å². The van der Waals surface area contributed by atoms with E-state index < -0.39 is 0 Å². The maximum absolute atomic E-state index is 12.6. The van der Waals surface area contributed by atoms with Gasteiger partial charge in [-0.2, -0.15) is 0 Å². The molecule has 4 rings (SSSR count). The molecule has 8 heteroatoms. The van der Waals surface area contributed by atoms with Gasteiger partial charge in [0.1, 0.15) is 5.75 Å². The number of carbonyl (C=O) groups excluding carboxylic acids is 1. The molecule has 0 atom stereocenters. The maximum Gasteiger partial charge on any atom is 0.220 e. The van der Waals surface area contributed by atoms with Crippen LogP contribution in [0.5, 0.6) is 5.75 Å². The molecule has 0 saturated carbocycles. The molecule has 7 nitrogen and oxygen atoms in total. The standard InChI is InChI=1S/C26H27N5O2S/c1-33-23-10-6-5-9-22(23)11-12-25(32)28-17-24-29-30-26(34-19-21-13-15-27-16-14-21)31(24)18-20-7-3-2-4-8-20/h2-10,13-16H,11-12,17-19H2,1H3,(H,28,32). The van der Waals surface area contributed by atoms with Gasteiger partial charge in [0.2, 0.25) is 5.91 Å². The number of pyridine rings is 1. The molecule has 0 aliphatic heterocycles. The number of amides is 1. The molecule has 0 spiro atoms. The van der Waals surface area contributed by atoms with Gasteiger partial charge in [-0.15, -0.1) is 10.2 Å². The second-order valence-corrected chi connectivity index (χ2v) is 8.65. The Morgan fingerprint density at radius 3 is 2.53 bits per heavy atom. The monoisotopic (exact) mass is 473 g/mol. The highest BCUT2D eigenvalue weighted by Crippen LogP contribution is 2.23. The van der Waals surface area contributed by atoms with E-state index in [4.69, 9.17) is 4.74 Å². The lowest BCUT2D eigenvalue weighted by Gasteiger charge is -2.12. The van der Waals surface area contributed by atoms with Gasteiger partial charge in [0.25, 0.3) is 0 Å². The molecule has 2 heterocycles. The SMILES string of the molecule is COc1ccccc1CCC(=O)NCc1nnc(SCc2ccncc2)n1Cc1ccccc1. The van der Waals surface area contributed by atoms with Crippen molar-refractivity contribution in [2.45, 2.75) is 36.8 Å². The second-order valence-electron chi connectivity index (χ2n) is 7.70. The van der Waals surface area contributed by atoms with Crippen molar-refractivity contribution >= 4 is 17.7 Å². The number of thioether (sulfide) groups is 1. The topological polar surface area (TPSA) is 81.9 Å². The van der Waals surface area contributed by atoms with E-state index in [2.05, 4.69) is 37.2 Å². The first-order valence-electron chi connectivity index (χ1n) is 11.1. The van der Waals surface area contributed by atoms with Crippen molar-refractivity contribution in [2.24, 2.45) is 0 Å². The molecule has 0 bridgehead atoms. The lowest BCUT2D eigenvalue weighted by molar-refractivity contribution is -0.121. The van der Waals surface area contributed by atoms with E-state index >= 15 is 0 Å². The van der Waals surface area contributed by atoms with E-state index in [0.717, 1.165) is 33.6 Å². The van der Waals surface area contributed by atoms with Crippen LogP contribution in [0.2, 0.25) is 0 Å². The summed E-state index contributed by atoms with van der Waals surface area (Å²) in [6.07, 6.45) is 4.56. The van der Waals surface area contributed by atoms with Crippen molar-refractivity contribution in [1.82, 2.24) is 25.1 Å². The number of aromatic nitrogens is 4. The van der Waals surface area contributed by atoms with E-state index in [1.165, 1.54) is 5.56 Å². The predicted octanol–water partition coefficient (Wildman–Crippen LogP) is 4.27. The van der Waals surface area contributed by atoms with E-state index in [9.17, 15) is 4.79 Å². The normalized spacial score (nSPS) is 10.7. The van der Waals surface area contributed by atoms with Crippen molar-refractivity contribution in [3.05, 3.63) is 102 Å². The van der Waals surface area contributed by atoms with Gasteiger partial charge in [-0.3, -0.25) is 9.78 Å². The zero-order valence-corrected chi connectivity index (χ0v) is 19.9. The molecule has 174 valence electrons. The molecule has 0 saturated heterocycles. The summed E-state index contributed by atoms with van der Waals surface area (Å²) in [5.74, 6) is 2.26. The first kappa shape index (κ1) is 23.5.